The fourth-order valence-corrected chi connectivity index (χ4v) is 2.17. The summed E-state index contributed by atoms with van der Waals surface area (Å²) < 4.78 is 12.7. The van der Waals surface area contributed by atoms with Crippen LogP contribution in [0.25, 0.3) is 0 Å². The summed E-state index contributed by atoms with van der Waals surface area (Å²) in [6.07, 6.45) is 3.22. The molecule has 0 radical (unpaired) electrons. The molecule has 2 nitrogen and oxygen atoms in total. The summed E-state index contributed by atoms with van der Waals surface area (Å²) in [4.78, 5) is 2.26. The van der Waals surface area contributed by atoms with Crippen molar-refractivity contribution in [2.45, 2.75) is 19.3 Å². The third-order valence-electron chi connectivity index (χ3n) is 3.59. The first kappa shape index (κ1) is 12.5. The molecule has 17 heavy (non-hydrogen) atoms. The van der Waals surface area contributed by atoms with Crippen LogP contribution in [0.3, 0.4) is 0 Å². The van der Waals surface area contributed by atoms with E-state index in [0.717, 1.165) is 37.9 Å². The minimum atomic E-state index is -0.181. The van der Waals surface area contributed by atoms with E-state index in [0.29, 0.717) is 6.61 Å². The minimum Gasteiger partial charge on any atom is -0.396 e. The molecule has 0 saturated heterocycles. The molecule has 1 aliphatic carbocycles. The lowest BCUT2D eigenvalue weighted by atomic mass is 10.1. The van der Waals surface area contributed by atoms with E-state index in [1.165, 1.54) is 12.1 Å². The number of hydrogen-bond donors (Lipinski definition) is 1. The summed E-state index contributed by atoms with van der Waals surface area (Å²) in [7, 11) is 2.08. The smallest absolute Gasteiger partial charge is 0.123 e. The summed E-state index contributed by atoms with van der Waals surface area (Å²) in [5.41, 5.74) is 1.34. The molecule has 1 N–H and O–H groups in total. The second-order valence-corrected chi connectivity index (χ2v) is 5.27. The Morgan fingerprint density at radius 1 is 1.29 bits per heavy atom. The molecule has 0 spiro atoms. The molecule has 0 heterocycles. The van der Waals surface area contributed by atoms with Gasteiger partial charge in [-0.3, -0.25) is 0 Å². The van der Waals surface area contributed by atoms with Crippen LogP contribution >= 0.6 is 0 Å². The Kier molecular flexibility index (Phi) is 3.79. The number of aliphatic hydroxyl groups is 1. The van der Waals surface area contributed by atoms with Crippen LogP contribution < -0.4 is 0 Å². The molecular formula is C14H20FNO. The van der Waals surface area contributed by atoms with E-state index in [1.54, 1.807) is 0 Å². The fraction of sp³-hybridized carbons (Fsp3) is 0.571. The summed E-state index contributed by atoms with van der Waals surface area (Å²) in [6.45, 7) is 2.21. The first-order valence-corrected chi connectivity index (χ1v) is 6.17. The Balaban J connectivity index is 1.76. The van der Waals surface area contributed by atoms with Crippen molar-refractivity contribution in [1.29, 1.82) is 0 Å². The van der Waals surface area contributed by atoms with Crippen LogP contribution in [0.1, 0.15) is 18.4 Å². The van der Waals surface area contributed by atoms with Gasteiger partial charge in [0.05, 0.1) is 0 Å². The normalized spacial score (nSPS) is 17.4. The SMILES string of the molecule is CN(CCc1ccc(F)cc1)CC1(CO)CC1. The number of aliphatic hydroxyl groups excluding tert-OH is 1. The third-order valence-corrected chi connectivity index (χ3v) is 3.59. The van der Waals surface area contributed by atoms with Crippen molar-refractivity contribution in [3.05, 3.63) is 35.6 Å². The van der Waals surface area contributed by atoms with Gasteiger partial charge >= 0.3 is 0 Å². The van der Waals surface area contributed by atoms with Crippen molar-refractivity contribution in [2.24, 2.45) is 5.41 Å². The standard InChI is InChI=1S/C14H20FNO/c1-16(10-14(11-17)7-8-14)9-6-12-2-4-13(15)5-3-12/h2-5,17H,6-11H2,1H3. The average Bonchev–Trinajstić information content (AvgIpc) is 3.09. The van der Waals surface area contributed by atoms with Crippen LogP contribution in [0, 0.1) is 11.2 Å². The van der Waals surface area contributed by atoms with E-state index >= 15 is 0 Å². The maximum Gasteiger partial charge on any atom is 0.123 e. The highest BCUT2D eigenvalue weighted by atomic mass is 19.1. The lowest BCUT2D eigenvalue weighted by Gasteiger charge is -2.22. The average molecular weight is 237 g/mol. The summed E-state index contributed by atoms with van der Waals surface area (Å²) in [6, 6.07) is 6.68. The number of benzene rings is 1. The second-order valence-electron chi connectivity index (χ2n) is 5.27. The summed E-state index contributed by atoms with van der Waals surface area (Å²) in [5.74, 6) is -0.181. The zero-order chi connectivity index (χ0) is 12.3. The van der Waals surface area contributed by atoms with Crippen molar-refractivity contribution in [1.82, 2.24) is 4.90 Å². The number of nitrogens with zero attached hydrogens (tertiary/aromatic N) is 1. The van der Waals surface area contributed by atoms with Crippen molar-refractivity contribution < 1.29 is 9.50 Å². The zero-order valence-corrected chi connectivity index (χ0v) is 10.3. The van der Waals surface area contributed by atoms with Gasteiger partial charge in [0.25, 0.3) is 0 Å². The Bertz CT molecular complexity index is 359. The van der Waals surface area contributed by atoms with Crippen molar-refractivity contribution in [2.75, 3.05) is 26.7 Å². The van der Waals surface area contributed by atoms with Crippen LogP contribution in [0.5, 0.6) is 0 Å². The topological polar surface area (TPSA) is 23.5 Å². The molecule has 1 aliphatic rings. The zero-order valence-electron chi connectivity index (χ0n) is 10.3. The Morgan fingerprint density at radius 3 is 2.47 bits per heavy atom. The molecule has 1 fully saturated rings. The van der Waals surface area contributed by atoms with Gasteiger partial charge < -0.3 is 10.0 Å². The molecule has 0 aromatic heterocycles. The number of hydrogen-bond acceptors (Lipinski definition) is 2. The van der Waals surface area contributed by atoms with Crippen LogP contribution in [0.15, 0.2) is 24.3 Å². The van der Waals surface area contributed by atoms with Gasteiger partial charge in [-0.25, -0.2) is 4.39 Å². The lowest BCUT2D eigenvalue weighted by molar-refractivity contribution is 0.165. The molecule has 1 aromatic rings. The van der Waals surface area contributed by atoms with Gasteiger partial charge in [-0.05, 0) is 44.0 Å². The molecule has 0 amide bonds. The highest BCUT2D eigenvalue weighted by Gasteiger charge is 2.42. The molecule has 0 aliphatic heterocycles. The second kappa shape index (κ2) is 5.15. The number of rotatable bonds is 6. The van der Waals surface area contributed by atoms with Gasteiger partial charge in [-0.1, -0.05) is 12.1 Å². The predicted octanol–water partition coefficient (Wildman–Crippen LogP) is 2.07. The van der Waals surface area contributed by atoms with Gasteiger partial charge in [0, 0.05) is 25.1 Å². The molecule has 2 rings (SSSR count). The highest BCUT2D eigenvalue weighted by molar-refractivity contribution is 5.16. The van der Waals surface area contributed by atoms with E-state index in [4.69, 9.17) is 0 Å². The largest absolute Gasteiger partial charge is 0.396 e. The van der Waals surface area contributed by atoms with Crippen LogP contribution in [0.2, 0.25) is 0 Å². The van der Waals surface area contributed by atoms with Gasteiger partial charge in [0.15, 0.2) is 0 Å². The molecule has 0 atom stereocenters. The minimum absolute atomic E-state index is 0.178. The van der Waals surface area contributed by atoms with E-state index in [1.807, 2.05) is 12.1 Å². The first-order chi connectivity index (χ1) is 8.13. The Morgan fingerprint density at radius 2 is 1.94 bits per heavy atom. The van der Waals surface area contributed by atoms with Gasteiger partial charge in [0.2, 0.25) is 0 Å². The molecule has 0 bridgehead atoms. The van der Waals surface area contributed by atoms with Crippen molar-refractivity contribution in [3.63, 3.8) is 0 Å². The van der Waals surface area contributed by atoms with E-state index in [-0.39, 0.29) is 11.2 Å². The molecule has 1 saturated carbocycles. The maximum absolute atomic E-state index is 12.7. The Labute approximate surface area is 102 Å². The number of likely N-dealkylation sites (N-methyl/N-ethyl adjacent to an activating group) is 1. The molecule has 94 valence electrons. The molecule has 0 unspecified atom stereocenters. The van der Waals surface area contributed by atoms with Crippen LogP contribution in [-0.4, -0.2) is 36.8 Å². The molecule has 1 aromatic carbocycles. The van der Waals surface area contributed by atoms with E-state index in [2.05, 4.69) is 11.9 Å². The highest BCUT2D eigenvalue weighted by Crippen LogP contribution is 2.45. The van der Waals surface area contributed by atoms with Gasteiger partial charge in [-0.15, -0.1) is 0 Å². The monoisotopic (exact) mass is 237 g/mol. The predicted molar refractivity (Wildman–Crippen MR) is 66.4 cm³/mol. The van der Waals surface area contributed by atoms with Gasteiger partial charge in [-0.2, -0.15) is 0 Å². The van der Waals surface area contributed by atoms with E-state index in [9.17, 15) is 9.50 Å². The molecular weight excluding hydrogens is 217 g/mol. The fourth-order valence-electron chi connectivity index (χ4n) is 2.17. The number of halogens is 1. The third kappa shape index (κ3) is 3.51. The van der Waals surface area contributed by atoms with E-state index < -0.39 is 0 Å². The summed E-state index contributed by atoms with van der Waals surface area (Å²) >= 11 is 0. The Hall–Kier alpha value is -0.930. The van der Waals surface area contributed by atoms with Crippen molar-refractivity contribution >= 4 is 0 Å². The van der Waals surface area contributed by atoms with Crippen LogP contribution in [-0.2, 0) is 6.42 Å². The van der Waals surface area contributed by atoms with Gasteiger partial charge in [0.1, 0.15) is 5.82 Å². The van der Waals surface area contributed by atoms with Crippen molar-refractivity contribution in [3.8, 4) is 0 Å². The quantitative estimate of drug-likeness (QED) is 0.818. The summed E-state index contributed by atoms with van der Waals surface area (Å²) in [5, 5.41) is 9.25. The lowest BCUT2D eigenvalue weighted by Crippen LogP contribution is -2.30. The van der Waals surface area contributed by atoms with Crippen LogP contribution in [0.4, 0.5) is 4.39 Å². The maximum atomic E-state index is 12.7. The first-order valence-electron chi connectivity index (χ1n) is 6.17. The molecule has 3 heteroatoms.